The third-order valence-corrected chi connectivity index (χ3v) is 7.18. The lowest BCUT2D eigenvalue weighted by molar-refractivity contribution is -0.279. The second-order valence-corrected chi connectivity index (χ2v) is 12.0. The van der Waals surface area contributed by atoms with E-state index >= 15 is 0 Å². The van der Waals surface area contributed by atoms with E-state index in [-0.39, 0.29) is 36.4 Å². The quantitative estimate of drug-likeness (QED) is 0.257. The number of hydrogen-bond donors (Lipinski definition) is 4. The molecule has 0 spiro atoms. The lowest BCUT2D eigenvalue weighted by Gasteiger charge is -2.47. The Labute approximate surface area is 219 Å². The molecule has 9 atom stereocenters. The van der Waals surface area contributed by atoms with Crippen molar-refractivity contribution in [2.75, 3.05) is 26.4 Å². The van der Waals surface area contributed by atoms with Gasteiger partial charge in [-0.05, 0) is 49.9 Å². The average molecular weight is 517 g/mol. The lowest BCUT2D eigenvalue weighted by atomic mass is 9.84. The summed E-state index contributed by atoms with van der Waals surface area (Å²) in [4.78, 5) is 0. The van der Waals surface area contributed by atoms with Crippen molar-refractivity contribution in [1.82, 2.24) is 0 Å². The van der Waals surface area contributed by atoms with Crippen LogP contribution in [0.5, 0.6) is 0 Å². The summed E-state index contributed by atoms with van der Waals surface area (Å²) < 4.78 is 31.5. The first-order valence-electron chi connectivity index (χ1n) is 14.2. The monoisotopic (exact) mass is 516 g/mol. The molecule has 1 aliphatic carbocycles. The summed E-state index contributed by atoms with van der Waals surface area (Å²) in [7, 11) is 0. The fourth-order valence-electron chi connectivity index (χ4n) is 4.74. The van der Waals surface area contributed by atoms with E-state index in [0.29, 0.717) is 57.0 Å². The van der Waals surface area contributed by atoms with E-state index < -0.39 is 18.5 Å². The molecule has 36 heavy (non-hydrogen) atoms. The highest BCUT2D eigenvalue weighted by atomic mass is 16.7. The van der Waals surface area contributed by atoms with E-state index in [1.54, 1.807) is 0 Å². The second-order valence-electron chi connectivity index (χ2n) is 12.0. The average Bonchev–Trinajstić information content (AvgIpc) is 2.78. The molecule has 1 aliphatic heterocycles. The summed E-state index contributed by atoms with van der Waals surface area (Å²) in [6.07, 6.45) is 1.79. The van der Waals surface area contributed by atoms with E-state index in [9.17, 15) is 0 Å². The minimum Gasteiger partial charge on any atom is -0.375 e. The number of ether oxygens (including phenoxy) is 5. The number of nitrogens with two attached hydrogens (primary N) is 4. The van der Waals surface area contributed by atoms with Gasteiger partial charge in [0.1, 0.15) is 18.3 Å². The maximum absolute atomic E-state index is 6.60. The van der Waals surface area contributed by atoms with Gasteiger partial charge in [-0.1, -0.05) is 41.5 Å². The summed E-state index contributed by atoms with van der Waals surface area (Å²) in [5.41, 5.74) is 25.7. The molecule has 2 aliphatic rings. The molecule has 1 saturated heterocycles. The maximum Gasteiger partial charge on any atom is 0.173 e. The van der Waals surface area contributed by atoms with E-state index in [0.717, 1.165) is 19.3 Å². The smallest absolute Gasteiger partial charge is 0.173 e. The fraction of sp³-hybridized carbons (Fsp3) is 1.00. The van der Waals surface area contributed by atoms with Gasteiger partial charge >= 0.3 is 0 Å². The fourth-order valence-corrected chi connectivity index (χ4v) is 4.74. The largest absolute Gasteiger partial charge is 0.375 e. The Morgan fingerprint density at radius 2 is 1.17 bits per heavy atom. The zero-order valence-electron chi connectivity index (χ0n) is 23.6. The van der Waals surface area contributed by atoms with Gasteiger partial charge in [0.2, 0.25) is 0 Å². The standard InChI is InChI=1S/C27H56N4O5/c1-16(2)7-10-32-22-14-21(31)27(35-23(22)15-28)36-25-20(30)13-19(29)24(33-11-8-17(3)4)26(25)34-12-9-18(5)6/h16-27H,7-15,28-31H2,1-6H3/t19-,20+,21-,22+,23-,24+,25-,26-,27-/m1/s1. The Kier molecular flexibility index (Phi) is 14.1. The first kappa shape index (κ1) is 31.9. The molecule has 0 aromatic heterocycles. The van der Waals surface area contributed by atoms with Gasteiger partial charge < -0.3 is 46.6 Å². The Morgan fingerprint density at radius 3 is 1.69 bits per heavy atom. The summed E-state index contributed by atoms with van der Waals surface area (Å²) in [5, 5.41) is 0. The predicted molar refractivity (Wildman–Crippen MR) is 143 cm³/mol. The van der Waals surface area contributed by atoms with Crippen LogP contribution in [0, 0.1) is 17.8 Å². The van der Waals surface area contributed by atoms with Crippen LogP contribution < -0.4 is 22.9 Å². The van der Waals surface area contributed by atoms with Crippen molar-refractivity contribution in [1.29, 1.82) is 0 Å². The van der Waals surface area contributed by atoms with Gasteiger partial charge in [0.25, 0.3) is 0 Å². The number of hydrogen-bond acceptors (Lipinski definition) is 9. The van der Waals surface area contributed by atoms with Crippen molar-refractivity contribution in [3.8, 4) is 0 Å². The molecule has 1 saturated carbocycles. The molecule has 0 amide bonds. The minimum absolute atomic E-state index is 0.151. The highest BCUT2D eigenvalue weighted by Gasteiger charge is 2.47. The maximum atomic E-state index is 6.60. The van der Waals surface area contributed by atoms with Crippen LogP contribution in [0.25, 0.3) is 0 Å². The molecule has 9 heteroatoms. The van der Waals surface area contributed by atoms with Crippen LogP contribution in [-0.4, -0.2) is 81.3 Å². The normalized spacial score (nSPS) is 35.8. The summed E-state index contributed by atoms with van der Waals surface area (Å²) in [6.45, 7) is 15.2. The van der Waals surface area contributed by atoms with Crippen LogP contribution in [-0.2, 0) is 23.7 Å². The Morgan fingerprint density at radius 1 is 0.667 bits per heavy atom. The van der Waals surface area contributed by atoms with Crippen molar-refractivity contribution < 1.29 is 23.7 Å². The molecule has 0 unspecified atom stereocenters. The zero-order valence-corrected chi connectivity index (χ0v) is 23.6. The van der Waals surface area contributed by atoms with E-state index in [4.69, 9.17) is 46.6 Å². The Bertz CT molecular complexity index is 597. The van der Waals surface area contributed by atoms with Crippen molar-refractivity contribution in [2.24, 2.45) is 40.7 Å². The van der Waals surface area contributed by atoms with Gasteiger partial charge in [-0.3, -0.25) is 0 Å². The topological polar surface area (TPSA) is 150 Å². The van der Waals surface area contributed by atoms with Gasteiger partial charge in [-0.15, -0.1) is 0 Å². The van der Waals surface area contributed by atoms with Crippen LogP contribution in [0.2, 0.25) is 0 Å². The molecule has 2 fully saturated rings. The first-order chi connectivity index (χ1) is 17.0. The molecular weight excluding hydrogens is 460 g/mol. The number of rotatable bonds is 15. The highest BCUT2D eigenvalue weighted by molar-refractivity contribution is 5.00. The molecule has 9 nitrogen and oxygen atoms in total. The molecule has 0 bridgehead atoms. The van der Waals surface area contributed by atoms with Gasteiger partial charge in [0.05, 0.1) is 18.2 Å². The highest BCUT2D eigenvalue weighted by Crippen LogP contribution is 2.31. The van der Waals surface area contributed by atoms with Crippen LogP contribution in [0.1, 0.15) is 73.6 Å². The minimum atomic E-state index is -0.651. The summed E-state index contributed by atoms with van der Waals surface area (Å²) >= 11 is 0. The molecule has 0 aromatic rings. The van der Waals surface area contributed by atoms with Crippen LogP contribution in [0.15, 0.2) is 0 Å². The zero-order chi connectivity index (χ0) is 26.8. The first-order valence-corrected chi connectivity index (χ1v) is 14.2. The molecule has 1 heterocycles. The van der Waals surface area contributed by atoms with Crippen LogP contribution in [0.3, 0.4) is 0 Å². The SMILES string of the molecule is CC(C)CCO[C@@H]1[C@@H](OCCC(C)C)[C@H](N)C[C@H](N)[C@H]1O[C@H]1O[C@H](CN)[C@@H](OCCC(C)C)C[C@H]1N. The van der Waals surface area contributed by atoms with Crippen molar-refractivity contribution in [3.05, 3.63) is 0 Å². The van der Waals surface area contributed by atoms with Crippen molar-refractivity contribution in [3.63, 3.8) is 0 Å². The van der Waals surface area contributed by atoms with Crippen LogP contribution in [0.4, 0.5) is 0 Å². The molecule has 2 rings (SSSR count). The van der Waals surface area contributed by atoms with Gasteiger partial charge in [0.15, 0.2) is 6.29 Å². The second kappa shape index (κ2) is 15.9. The lowest BCUT2D eigenvalue weighted by Crippen LogP contribution is -2.66. The molecule has 214 valence electrons. The third-order valence-electron chi connectivity index (χ3n) is 7.18. The van der Waals surface area contributed by atoms with Crippen molar-refractivity contribution in [2.45, 2.75) is 129 Å². The Balaban J connectivity index is 2.11. The molecule has 0 aromatic carbocycles. The van der Waals surface area contributed by atoms with Crippen LogP contribution >= 0.6 is 0 Å². The molecular formula is C27H56N4O5. The molecule has 8 N–H and O–H groups in total. The van der Waals surface area contributed by atoms with Crippen molar-refractivity contribution >= 4 is 0 Å². The van der Waals surface area contributed by atoms with E-state index in [2.05, 4.69) is 41.5 Å². The predicted octanol–water partition coefficient (Wildman–Crippen LogP) is 2.12. The molecule has 0 radical (unpaired) electrons. The van der Waals surface area contributed by atoms with E-state index in [1.807, 2.05) is 0 Å². The summed E-state index contributed by atoms with van der Waals surface area (Å²) in [5.74, 6) is 1.62. The van der Waals surface area contributed by atoms with Gasteiger partial charge in [-0.2, -0.15) is 0 Å². The summed E-state index contributed by atoms with van der Waals surface area (Å²) in [6, 6.07) is -0.912. The Hall–Kier alpha value is -0.360. The van der Waals surface area contributed by atoms with Gasteiger partial charge in [0, 0.05) is 38.4 Å². The third kappa shape index (κ3) is 10.1. The van der Waals surface area contributed by atoms with Gasteiger partial charge in [-0.25, -0.2) is 0 Å². The van der Waals surface area contributed by atoms with E-state index in [1.165, 1.54) is 0 Å².